The molecule has 0 radical (unpaired) electrons. The van der Waals surface area contributed by atoms with E-state index in [1.807, 2.05) is 0 Å². The van der Waals surface area contributed by atoms with E-state index in [1.165, 1.54) is 12.1 Å². The number of amides is 4. The van der Waals surface area contributed by atoms with Crippen molar-refractivity contribution < 1.29 is 27.6 Å². The summed E-state index contributed by atoms with van der Waals surface area (Å²) in [5.41, 5.74) is 0.886. The van der Waals surface area contributed by atoms with Gasteiger partial charge in [-0.2, -0.15) is 13.2 Å². The van der Waals surface area contributed by atoms with Crippen LogP contribution in [0.4, 0.5) is 23.7 Å². The van der Waals surface area contributed by atoms with Crippen molar-refractivity contribution >= 4 is 23.5 Å². The summed E-state index contributed by atoms with van der Waals surface area (Å²) in [5, 5.41) is 7.35. The molecule has 9 heteroatoms. The number of hydrogen-bond acceptors (Lipinski definition) is 3. The van der Waals surface area contributed by atoms with Crippen LogP contribution in [0.3, 0.4) is 0 Å². The number of imide groups is 1. The van der Waals surface area contributed by atoms with Crippen molar-refractivity contribution in [2.24, 2.45) is 5.92 Å². The van der Waals surface area contributed by atoms with Gasteiger partial charge in [-0.05, 0) is 41.8 Å². The fraction of sp³-hybridized carbons (Fsp3) is 0.250. The predicted octanol–water partition coefficient (Wildman–Crippen LogP) is 3.23. The maximum atomic E-state index is 12.7. The Morgan fingerprint density at radius 3 is 2.41 bits per heavy atom. The van der Waals surface area contributed by atoms with Gasteiger partial charge in [-0.3, -0.25) is 14.9 Å². The molecule has 0 unspecified atom stereocenters. The first-order valence-corrected chi connectivity index (χ1v) is 8.84. The van der Waals surface area contributed by atoms with Crippen LogP contribution < -0.4 is 16.0 Å². The van der Waals surface area contributed by atoms with Crippen LogP contribution in [0.1, 0.15) is 23.1 Å². The summed E-state index contributed by atoms with van der Waals surface area (Å²) in [6.07, 6.45) is -3.86. The lowest BCUT2D eigenvalue weighted by Gasteiger charge is -2.11. The molecule has 29 heavy (non-hydrogen) atoms. The van der Waals surface area contributed by atoms with Gasteiger partial charge in [0.05, 0.1) is 11.5 Å². The number of benzene rings is 2. The lowest BCUT2D eigenvalue weighted by molar-refractivity contribution is -0.137. The summed E-state index contributed by atoms with van der Waals surface area (Å²) >= 11 is 0. The number of carbonyl (C=O) groups is 3. The number of rotatable bonds is 5. The highest BCUT2D eigenvalue weighted by Crippen LogP contribution is 2.29. The van der Waals surface area contributed by atoms with Crippen LogP contribution in [0, 0.1) is 5.92 Å². The first-order chi connectivity index (χ1) is 13.7. The van der Waals surface area contributed by atoms with Gasteiger partial charge < -0.3 is 10.6 Å². The summed E-state index contributed by atoms with van der Waals surface area (Å²) < 4.78 is 38.2. The molecule has 0 bridgehead atoms. The van der Waals surface area contributed by atoms with E-state index in [4.69, 9.17) is 0 Å². The van der Waals surface area contributed by atoms with E-state index in [-0.39, 0.29) is 24.8 Å². The maximum Gasteiger partial charge on any atom is 0.416 e. The SMILES string of the molecule is O=C1C[C@@H](Cc2ccc(NC(=O)NCc3cccc(C(F)(F)F)c3)cc2)C(=O)N1. The Hall–Kier alpha value is -3.36. The molecule has 6 nitrogen and oxygen atoms in total. The molecule has 1 heterocycles. The number of nitrogens with one attached hydrogen (secondary N) is 3. The molecular weight excluding hydrogens is 387 g/mol. The lowest BCUT2D eigenvalue weighted by Crippen LogP contribution is -2.28. The van der Waals surface area contributed by atoms with E-state index in [0.29, 0.717) is 17.7 Å². The van der Waals surface area contributed by atoms with Crippen LogP contribution in [0.25, 0.3) is 0 Å². The van der Waals surface area contributed by atoms with E-state index in [2.05, 4.69) is 16.0 Å². The van der Waals surface area contributed by atoms with Crippen molar-refractivity contribution in [1.82, 2.24) is 10.6 Å². The molecule has 1 atom stereocenters. The molecule has 1 aliphatic rings. The highest BCUT2D eigenvalue weighted by Gasteiger charge is 2.31. The van der Waals surface area contributed by atoms with Crippen LogP contribution in [0.2, 0.25) is 0 Å². The third-order valence-electron chi connectivity index (χ3n) is 4.47. The molecule has 1 aliphatic heterocycles. The fourth-order valence-corrected chi connectivity index (χ4v) is 3.00. The number of halogens is 3. The van der Waals surface area contributed by atoms with Gasteiger partial charge in [-0.25, -0.2) is 4.79 Å². The zero-order valence-corrected chi connectivity index (χ0v) is 15.2. The minimum atomic E-state index is -4.44. The summed E-state index contributed by atoms with van der Waals surface area (Å²) in [6, 6.07) is 10.9. The van der Waals surface area contributed by atoms with Crippen molar-refractivity contribution in [1.29, 1.82) is 0 Å². The summed E-state index contributed by atoms with van der Waals surface area (Å²) in [7, 11) is 0. The summed E-state index contributed by atoms with van der Waals surface area (Å²) in [5.74, 6) is -0.959. The monoisotopic (exact) mass is 405 g/mol. The molecule has 0 aliphatic carbocycles. The molecule has 4 amide bonds. The Labute approximate surface area is 164 Å². The molecule has 3 N–H and O–H groups in total. The van der Waals surface area contributed by atoms with Crippen LogP contribution in [-0.2, 0) is 28.7 Å². The lowest BCUT2D eigenvalue weighted by atomic mass is 9.98. The molecule has 0 spiro atoms. The number of anilines is 1. The highest BCUT2D eigenvalue weighted by atomic mass is 19.4. The smallest absolute Gasteiger partial charge is 0.334 e. The first kappa shape index (κ1) is 20.4. The van der Waals surface area contributed by atoms with Gasteiger partial charge >= 0.3 is 12.2 Å². The molecule has 2 aromatic carbocycles. The third kappa shape index (κ3) is 5.56. The molecule has 0 saturated carbocycles. The zero-order chi connectivity index (χ0) is 21.0. The fourth-order valence-electron chi connectivity index (χ4n) is 3.00. The Bertz CT molecular complexity index is 927. The Morgan fingerprint density at radius 1 is 1.07 bits per heavy atom. The second-order valence-electron chi connectivity index (χ2n) is 6.72. The van der Waals surface area contributed by atoms with E-state index < -0.39 is 23.7 Å². The van der Waals surface area contributed by atoms with Crippen molar-refractivity contribution in [2.75, 3.05) is 5.32 Å². The number of carbonyl (C=O) groups excluding carboxylic acids is 3. The number of alkyl halides is 3. The molecular formula is C20H18F3N3O3. The average Bonchev–Trinajstić information content (AvgIpc) is 2.98. The second-order valence-corrected chi connectivity index (χ2v) is 6.72. The van der Waals surface area contributed by atoms with E-state index in [9.17, 15) is 27.6 Å². The van der Waals surface area contributed by atoms with Crippen LogP contribution in [0.15, 0.2) is 48.5 Å². The number of hydrogen-bond donors (Lipinski definition) is 3. The zero-order valence-electron chi connectivity index (χ0n) is 15.2. The Kier molecular flexibility index (Phi) is 5.86. The van der Waals surface area contributed by atoms with Crippen molar-refractivity contribution in [2.45, 2.75) is 25.6 Å². The van der Waals surface area contributed by atoms with Crippen molar-refractivity contribution in [3.8, 4) is 0 Å². The molecule has 152 valence electrons. The number of urea groups is 1. The van der Waals surface area contributed by atoms with Gasteiger partial charge in [0.25, 0.3) is 0 Å². The minimum absolute atomic E-state index is 0.0569. The summed E-state index contributed by atoms with van der Waals surface area (Å²) in [6.45, 7) is -0.0569. The quantitative estimate of drug-likeness (QED) is 0.668. The molecule has 3 rings (SSSR count). The van der Waals surface area contributed by atoms with Gasteiger partial charge in [0, 0.05) is 18.7 Å². The molecule has 1 fully saturated rings. The van der Waals surface area contributed by atoms with Gasteiger partial charge in [0.2, 0.25) is 11.8 Å². The van der Waals surface area contributed by atoms with Crippen LogP contribution in [-0.4, -0.2) is 17.8 Å². The first-order valence-electron chi connectivity index (χ1n) is 8.84. The molecule has 1 saturated heterocycles. The molecule has 0 aromatic heterocycles. The second kappa shape index (κ2) is 8.34. The third-order valence-corrected chi connectivity index (χ3v) is 4.47. The largest absolute Gasteiger partial charge is 0.416 e. The van der Waals surface area contributed by atoms with Crippen molar-refractivity contribution in [3.05, 3.63) is 65.2 Å². The topological polar surface area (TPSA) is 87.3 Å². The van der Waals surface area contributed by atoms with Gasteiger partial charge in [0.1, 0.15) is 0 Å². The maximum absolute atomic E-state index is 12.7. The predicted molar refractivity (Wildman–Crippen MR) is 98.7 cm³/mol. The van der Waals surface area contributed by atoms with Crippen molar-refractivity contribution in [3.63, 3.8) is 0 Å². The minimum Gasteiger partial charge on any atom is -0.334 e. The Morgan fingerprint density at radius 2 is 1.79 bits per heavy atom. The van der Waals surface area contributed by atoms with E-state index in [0.717, 1.165) is 17.7 Å². The standard InChI is InChI=1S/C20H18F3N3O3/c21-20(22,23)15-3-1-2-13(9-15)11-24-19(29)25-16-6-4-12(5-7-16)8-14-10-17(27)26-18(14)28/h1-7,9,14H,8,10-11H2,(H2,24,25,29)(H,26,27,28)/t14-/m1/s1. The summed E-state index contributed by atoms with van der Waals surface area (Å²) in [4.78, 5) is 34.8. The van der Waals surface area contributed by atoms with E-state index in [1.54, 1.807) is 24.3 Å². The van der Waals surface area contributed by atoms with Gasteiger partial charge in [-0.15, -0.1) is 0 Å². The Balaban J connectivity index is 1.51. The molecule has 2 aromatic rings. The average molecular weight is 405 g/mol. The van der Waals surface area contributed by atoms with E-state index >= 15 is 0 Å². The van der Waals surface area contributed by atoms with Gasteiger partial charge in [-0.1, -0.05) is 24.3 Å². The van der Waals surface area contributed by atoms with Crippen LogP contribution >= 0.6 is 0 Å². The van der Waals surface area contributed by atoms with Gasteiger partial charge in [0.15, 0.2) is 0 Å². The van der Waals surface area contributed by atoms with Crippen LogP contribution in [0.5, 0.6) is 0 Å². The highest BCUT2D eigenvalue weighted by molar-refractivity contribution is 6.03. The normalized spacial score (nSPS) is 16.4.